The standard InChI is InChI=1S/C16H24N4/c1-2-4-15(5-3-1)14-17-6-8-18-10-12-20-13-11-19(9-7-17)16(18)20/h1-5,16H,6-14H2. The third-order valence-corrected chi connectivity index (χ3v) is 4.98. The zero-order valence-electron chi connectivity index (χ0n) is 12.1. The molecule has 0 aromatic heterocycles. The van der Waals surface area contributed by atoms with Crippen molar-refractivity contribution in [3.8, 4) is 0 Å². The van der Waals surface area contributed by atoms with Crippen LogP contribution in [0.3, 0.4) is 0 Å². The Morgan fingerprint density at radius 2 is 1.20 bits per heavy atom. The van der Waals surface area contributed by atoms with Crippen LogP contribution < -0.4 is 0 Å². The molecule has 1 aromatic rings. The van der Waals surface area contributed by atoms with Crippen LogP contribution in [0.5, 0.6) is 0 Å². The zero-order chi connectivity index (χ0) is 13.4. The maximum absolute atomic E-state index is 2.67. The molecule has 1 aromatic carbocycles. The summed E-state index contributed by atoms with van der Waals surface area (Å²) in [5.74, 6) is 0. The van der Waals surface area contributed by atoms with Gasteiger partial charge in [-0.2, -0.15) is 0 Å². The highest BCUT2D eigenvalue weighted by molar-refractivity contribution is 5.14. The predicted molar refractivity (Wildman–Crippen MR) is 80.2 cm³/mol. The van der Waals surface area contributed by atoms with E-state index in [2.05, 4.69) is 49.9 Å². The van der Waals surface area contributed by atoms with E-state index >= 15 is 0 Å². The Bertz CT molecular complexity index is 429. The van der Waals surface area contributed by atoms with E-state index in [1.54, 1.807) is 0 Å². The van der Waals surface area contributed by atoms with E-state index in [1.165, 1.54) is 57.9 Å². The van der Waals surface area contributed by atoms with Crippen molar-refractivity contribution in [1.29, 1.82) is 0 Å². The highest BCUT2D eigenvalue weighted by atomic mass is 15.6. The summed E-state index contributed by atoms with van der Waals surface area (Å²) in [5.41, 5.74) is 1.44. The van der Waals surface area contributed by atoms with Gasteiger partial charge in [-0.05, 0) is 5.56 Å². The molecular formula is C16H24N4. The third-order valence-electron chi connectivity index (χ3n) is 4.98. The lowest BCUT2D eigenvalue weighted by molar-refractivity contribution is 0.0174. The van der Waals surface area contributed by atoms with Crippen LogP contribution in [-0.2, 0) is 6.54 Å². The van der Waals surface area contributed by atoms with Gasteiger partial charge in [0.25, 0.3) is 0 Å². The molecule has 0 spiro atoms. The quantitative estimate of drug-likeness (QED) is 0.786. The summed E-state index contributed by atoms with van der Waals surface area (Å²) in [5, 5.41) is 0. The van der Waals surface area contributed by atoms with E-state index in [-0.39, 0.29) is 0 Å². The Labute approximate surface area is 121 Å². The third kappa shape index (κ3) is 2.37. The largest absolute Gasteiger partial charge is 0.297 e. The highest BCUT2D eigenvalue weighted by Gasteiger charge is 2.41. The summed E-state index contributed by atoms with van der Waals surface area (Å²) in [6.07, 6.45) is 0.619. The smallest absolute Gasteiger partial charge is 0.119 e. The SMILES string of the molecule is c1ccc(CN2CCN3CCN4CCN(CC2)C34)cc1. The normalized spacial score (nSPS) is 26.6. The number of hydrogen-bond acceptors (Lipinski definition) is 4. The van der Waals surface area contributed by atoms with Crippen LogP contribution in [-0.4, -0.2) is 78.2 Å². The van der Waals surface area contributed by atoms with Gasteiger partial charge in [0.15, 0.2) is 0 Å². The summed E-state index contributed by atoms with van der Waals surface area (Å²) in [6, 6.07) is 10.9. The van der Waals surface area contributed by atoms with Gasteiger partial charge in [0.05, 0.1) is 0 Å². The average molecular weight is 272 g/mol. The summed E-state index contributed by atoms with van der Waals surface area (Å²) in [7, 11) is 0. The molecule has 4 heteroatoms. The van der Waals surface area contributed by atoms with Crippen molar-refractivity contribution in [1.82, 2.24) is 19.6 Å². The molecule has 3 heterocycles. The Kier molecular flexibility index (Phi) is 3.48. The number of rotatable bonds is 2. The first-order valence-corrected chi connectivity index (χ1v) is 7.88. The van der Waals surface area contributed by atoms with Crippen LogP contribution >= 0.6 is 0 Å². The van der Waals surface area contributed by atoms with E-state index in [1.807, 2.05) is 0 Å². The molecule has 3 saturated heterocycles. The lowest BCUT2D eigenvalue weighted by Crippen LogP contribution is -2.52. The van der Waals surface area contributed by atoms with Crippen molar-refractivity contribution in [3.05, 3.63) is 35.9 Å². The van der Waals surface area contributed by atoms with E-state index in [0.717, 1.165) is 6.54 Å². The molecule has 4 nitrogen and oxygen atoms in total. The number of nitrogens with zero attached hydrogens (tertiary/aromatic N) is 4. The van der Waals surface area contributed by atoms with Gasteiger partial charge >= 0.3 is 0 Å². The Hall–Kier alpha value is -0.940. The molecule has 0 atom stereocenters. The van der Waals surface area contributed by atoms with Crippen LogP contribution in [0, 0.1) is 0 Å². The van der Waals surface area contributed by atoms with Gasteiger partial charge in [-0.15, -0.1) is 0 Å². The zero-order valence-corrected chi connectivity index (χ0v) is 12.1. The van der Waals surface area contributed by atoms with Crippen LogP contribution in [0.1, 0.15) is 5.56 Å². The lowest BCUT2D eigenvalue weighted by atomic mass is 10.2. The molecule has 0 aliphatic carbocycles. The topological polar surface area (TPSA) is 13.0 Å². The lowest BCUT2D eigenvalue weighted by Gasteiger charge is -2.37. The molecule has 4 rings (SSSR count). The van der Waals surface area contributed by atoms with Crippen molar-refractivity contribution in [2.75, 3.05) is 52.4 Å². The maximum atomic E-state index is 2.67. The molecular weight excluding hydrogens is 248 g/mol. The van der Waals surface area contributed by atoms with Crippen LogP contribution in [0.4, 0.5) is 0 Å². The fraction of sp³-hybridized carbons (Fsp3) is 0.625. The average Bonchev–Trinajstić information content (AvgIpc) is 3.02. The second kappa shape index (κ2) is 5.45. The highest BCUT2D eigenvalue weighted by Crippen LogP contribution is 2.24. The molecule has 108 valence electrons. The maximum Gasteiger partial charge on any atom is 0.119 e. The number of hydrogen-bond donors (Lipinski definition) is 0. The summed E-state index contributed by atoms with van der Waals surface area (Å²) in [4.78, 5) is 10.6. The minimum Gasteiger partial charge on any atom is -0.297 e. The Balaban J connectivity index is 1.43. The van der Waals surface area contributed by atoms with Crippen LogP contribution in [0.2, 0.25) is 0 Å². The Morgan fingerprint density at radius 1 is 0.700 bits per heavy atom. The second-order valence-corrected chi connectivity index (χ2v) is 6.22. The van der Waals surface area contributed by atoms with Crippen LogP contribution in [0.15, 0.2) is 30.3 Å². The summed E-state index contributed by atoms with van der Waals surface area (Å²) >= 11 is 0. The fourth-order valence-corrected chi connectivity index (χ4v) is 3.89. The number of benzene rings is 1. The molecule has 0 amide bonds. The minimum atomic E-state index is 0.619. The van der Waals surface area contributed by atoms with E-state index in [4.69, 9.17) is 0 Å². The monoisotopic (exact) mass is 272 g/mol. The summed E-state index contributed by atoms with van der Waals surface area (Å²) in [6.45, 7) is 11.0. The van der Waals surface area contributed by atoms with Gasteiger partial charge in [0.1, 0.15) is 6.29 Å². The summed E-state index contributed by atoms with van der Waals surface area (Å²) < 4.78 is 0. The predicted octanol–water partition coefficient (Wildman–Crippen LogP) is 0.719. The fourth-order valence-electron chi connectivity index (χ4n) is 3.89. The van der Waals surface area contributed by atoms with E-state index in [0.29, 0.717) is 6.29 Å². The van der Waals surface area contributed by atoms with E-state index in [9.17, 15) is 0 Å². The molecule has 0 radical (unpaired) electrons. The van der Waals surface area contributed by atoms with Crippen LogP contribution in [0.25, 0.3) is 0 Å². The van der Waals surface area contributed by atoms with Gasteiger partial charge in [-0.1, -0.05) is 30.3 Å². The first kappa shape index (κ1) is 12.8. The van der Waals surface area contributed by atoms with Crippen molar-refractivity contribution in [2.24, 2.45) is 0 Å². The first-order chi connectivity index (χ1) is 9.90. The van der Waals surface area contributed by atoms with Crippen molar-refractivity contribution in [2.45, 2.75) is 12.8 Å². The van der Waals surface area contributed by atoms with Crippen molar-refractivity contribution >= 4 is 0 Å². The first-order valence-electron chi connectivity index (χ1n) is 7.88. The Morgan fingerprint density at radius 3 is 1.75 bits per heavy atom. The van der Waals surface area contributed by atoms with Crippen molar-refractivity contribution < 1.29 is 0 Å². The molecule has 0 unspecified atom stereocenters. The molecule has 20 heavy (non-hydrogen) atoms. The van der Waals surface area contributed by atoms with E-state index < -0.39 is 0 Å². The molecule has 3 aliphatic heterocycles. The van der Waals surface area contributed by atoms with Gasteiger partial charge in [0, 0.05) is 58.9 Å². The van der Waals surface area contributed by atoms with Gasteiger partial charge in [-0.3, -0.25) is 19.6 Å². The molecule has 0 N–H and O–H groups in total. The van der Waals surface area contributed by atoms with Crippen molar-refractivity contribution in [3.63, 3.8) is 0 Å². The molecule has 3 fully saturated rings. The van der Waals surface area contributed by atoms with Gasteiger partial charge in [0.2, 0.25) is 0 Å². The molecule has 3 aliphatic rings. The minimum absolute atomic E-state index is 0.619. The molecule has 0 bridgehead atoms. The molecule has 0 saturated carbocycles. The van der Waals surface area contributed by atoms with Gasteiger partial charge < -0.3 is 0 Å². The second-order valence-electron chi connectivity index (χ2n) is 6.22. The van der Waals surface area contributed by atoms with Gasteiger partial charge in [-0.25, -0.2) is 0 Å².